The fourth-order valence-corrected chi connectivity index (χ4v) is 1.67. The standard InChI is InChI=1S/C25H52O7S/c1-26-13-14-28-17-18-30-21-22-32-24-23-31-20-19-29-16-15-27-12-10-8-6-4-2-3-5-7-9-11-25-33/h33H,2-25H2,1H3/i2D2,3D2,4D2,5D2,6D2,7D2,8D2,9D2,10D2,11D2,12D2,25D2. The van der Waals surface area contributed by atoms with Crippen molar-refractivity contribution in [1.82, 2.24) is 0 Å². The quantitative estimate of drug-likeness (QED) is 0.110. The van der Waals surface area contributed by atoms with Crippen molar-refractivity contribution in [2.45, 2.75) is 63.7 Å². The molecule has 0 amide bonds. The van der Waals surface area contributed by atoms with Gasteiger partial charge in [0.25, 0.3) is 0 Å². The van der Waals surface area contributed by atoms with Crippen LogP contribution in [0.5, 0.6) is 0 Å². The molecule has 0 fully saturated rings. The van der Waals surface area contributed by atoms with Crippen molar-refractivity contribution in [1.29, 1.82) is 0 Å². The van der Waals surface area contributed by atoms with Crippen LogP contribution in [-0.2, 0) is 33.2 Å². The van der Waals surface area contributed by atoms with E-state index in [0.29, 0.717) is 39.6 Å². The highest BCUT2D eigenvalue weighted by Gasteiger charge is 1.96. The van der Waals surface area contributed by atoms with Gasteiger partial charge in [-0.15, -0.1) is 0 Å². The molecule has 200 valence electrons. The van der Waals surface area contributed by atoms with Gasteiger partial charge in [0.15, 0.2) is 0 Å². The average Bonchev–Trinajstić information content (AvgIpc) is 3.06. The highest BCUT2D eigenvalue weighted by atomic mass is 32.1. The first-order valence-corrected chi connectivity index (χ1v) is 10.5. The summed E-state index contributed by atoms with van der Waals surface area (Å²) >= 11 is 3.23. The summed E-state index contributed by atoms with van der Waals surface area (Å²) in [4.78, 5) is 0. The van der Waals surface area contributed by atoms with E-state index in [-0.39, 0.29) is 26.4 Å². The zero-order valence-corrected chi connectivity index (χ0v) is 19.7. The minimum Gasteiger partial charge on any atom is -0.382 e. The minimum atomic E-state index is -4.82. The van der Waals surface area contributed by atoms with Crippen molar-refractivity contribution in [3.05, 3.63) is 0 Å². The summed E-state index contributed by atoms with van der Waals surface area (Å²) in [7, 11) is 1.56. The van der Waals surface area contributed by atoms with Gasteiger partial charge >= 0.3 is 0 Å². The fraction of sp³-hybridized carbons (Fsp3) is 1.00. The second-order valence-electron chi connectivity index (χ2n) is 5.37. The predicted octanol–water partition coefficient (Wildman–Crippen LogP) is 4.56. The largest absolute Gasteiger partial charge is 0.382 e. The Balaban J connectivity index is 5.64. The number of ether oxygens (including phenoxy) is 7. The highest BCUT2D eigenvalue weighted by Crippen LogP contribution is 2.10. The van der Waals surface area contributed by atoms with E-state index in [0.717, 1.165) is 0 Å². The summed E-state index contributed by atoms with van der Waals surface area (Å²) in [6.07, 6.45) is -45.8. The lowest BCUT2D eigenvalue weighted by Crippen LogP contribution is -2.14. The minimum absolute atomic E-state index is 0.0291. The van der Waals surface area contributed by atoms with Gasteiger partial charge in [-0.2, -0.15) is 12.6 Å². The Hall–Kier alpha value is 0.0700. The molecule has 8 heteroatoms. The van der Waals surface area contributed by atoms with Gasteiger partial charge in [-0.25, -0.2) is 0 Å². The lowest BCUT2D eigenvalue weighted by molar-refractivity contribution is -0.0191. The molecule has 0 unspecified atom stereocenters. The zero-order valence-electron chi connectivity index (χ0n) is 42.8. The maximum atomic E-state index is 8.26. The van der Waals surface area contributed by atoms with Crippen LogP contribution in [0.25, 0.3) is 0 Å². The monoisotopic (exact) mass is 520 g/mol. The van der Waals surface area contributed by atoms with E-state index >= 15 is 0 Å². The molecule has 0 aliphatic carbocycles. The Labute approximate surface area is 242 Å². The molecular formula is C25H52O7S. The van der Waals surface area contributed by atoms with Gasteiger partial charge < -0.3 is 33.2 Å². The fourth-order valence-electron chi connectivity index (χ4n) is 1.62. The van der Waals surface area contributed by atoms with E-state index in [1.165, 1.54) is 0 Å². The molecule has 0 atom stereocenters. The van der Waals surface area contributed by atoms with Crippen LogP contribution < -0.4 is 0 Å². The van der Waals surface area contributed by atoms with Crippen LogP contribution in [0.2, 0.25) is 0 Å². The van der Waals surface area contributed by atoms with E-state index in [4.69, 9.17) is 66.1 Å². The molecule has 0 aromatic heterocycles. The Morgan fingerprint density at radius 1 is 0.424 bits per heavy atom. The number of hydrogen-bond acceptors (Lipinski definition) is 8. The lowest BCUT2D eigenvalue weighted by Gasteiger charge is -2.08. The molecule has 0 saturated heterocycles. The molecule has 0 aromatic carbocycles. The maximum Gasteiger partial charge on any atom is 0.0701 e. The SMILES string of the molecule is [2H]C([2H])(S)C([2H])([2H])C([2H])([2H])C([2H])([2H])C([2H])([2H])C([2H])([2H])C([2H])([2H])C([2H])([2H])C([2H])([2H])C([2H])([2H])C([2H])([2H])C([2H])([2H])OCCOCCOCCOCCOCCOCCOC. The van der Waals surface area contributed by atoms with Crippen LogP contribution in [0, 0.1) is 0 Å². The van der Waals surface area contributed by atoms with Crippen molar-refractivity contribution >= 4 is 12.6 Å². The van der Waals surface area contributed by atoms with Gasteiger partial charge in [0, 0.05) is 43.8 Å². The van der Waals surface area contributed by atoms with Crippen LogP contribution in [0.1, 0.15) is 96.6 Å². The third kappa shape index (κ3) is 32.1. The number of methoxy groups -OCH3 is 1. The molecule has 0 rings (SSSR count). The smallest absolute Gasteiger partial charge is 0.0701 e. The van der Waals surface area contributed by atoms with Crippen molar-refractivity contribution in [2.75, 3.05) is 98.7 Å². The highest BCUT2D eigenvalue weighted by molar-refractivity contribution is 7.80. The van der Waals surface area contributed by atoms with E-state index in [2.05, 4.69) is 12.6 Å². The van der Waals surface area contributed by atoms with Gasteiger partial charge in [-0.05, 0) is 18.5 Å². The lowest BCUT2D eigenvalue weighted by atomic mass is 10.1. The summed E-state index contributed by atoms with van der Waals surface area (Å²) in [5, 5.41) is 0. The molecule has 0 aliphatic rings. The Morgan fingerprint density at radius 3 is 1.09 bits per heavy atom. The Bertz CT molecular complexity index is 1220. The van der Waals surface area contributed by atoms with E-state index in [1.807, 2.05) is 0 Å². The molecular weight excluding hydrogens is 444 g/mol. The first-order valence-electron chi connectivity index (χ1n) is 22.1. The molecule has 0 bridgehead atoms. The van der Waals surface area contributed by atoms with Gasteiger partial charge in [-0.1, -0.05) is 51.0 Å². The molecule has 0 saturated carbocycles. The van der Waals surface area contributed by atoms with E-state index in [9.17, 15) is 0 Å². The second-order valence-corrected chi connectivity index (χ2v) is 5.59. The summed E-state index contributed by atoms with van der Waals surface area (Å²) in [5.41, 5.74) is -3.57. The topological polar surface area (TPSA) is 64.6 Å². The number of hydrogen-bond donors (Lipinski definition) is 1. The molecule has 33 heavy (non-hydrogen) atoms. The Morgan fingerprint density at radius 2 is 0.727 bits per heavy atom. The van der Waals surface area contributed by atoms with Crippen molar-refractivity contribution in [2.24, 2.45) is 0 Å². The zero-order chi connectivity index (χ0) is 45.4. The summed E-state index contributed by atoms with van der Waals surface area (Å²) in [6.45, 7) is -2.38. The first kappa shape index (κ1) is 10.8. The molecule has 0 N–H and O–H groups in total. The van der Waals surface area contributed by atoms with Crippen LogP contribution in [0.15, 0.2) is 0 Å². The number of thiol groups is 1. The van der Waals surface area contributed by atoms with Crippen molar-refractivity contribution in [3.8, 4) is 0 Å². The van der Waals surface area contributed by atoms with Gasteiger partial charge in [0.2, 0.25) is 0 Å². The number of rotatable bonds is 30. The Kier molecular flexibility index (Phi) is 10.5. The molecule has 0 heterocycles. The van der Waals surface area contributed by atoms with Gasteiger partial charge in [-0.3, -0.25) is 0 Å². The first-order chi connectivity index (χ1) is 25.3. The third-order valence-corrected chi connectivity index (χ3v) is 3.10. The molecule has 0 aliphatic heterocycles. The van der Waals surface area contributed by atoms with Crippen molar-refractivity contribution in [3.63, 3.8) is 0 Å². The summed E-state index contributed by atoms with van der Waals surface area (Å²) < 4.78 is 230. The van der Waals surface area contributed by atoms with Gasteiger partial charge in [0.1, 0.15) is 0 Å². The van der Waals surface area contributed by atoms with Crippen LogP contribution in [0.3, 0.4) is 0 Å². The average molecular weight is 521 g/mol. The van der Waals surface area contributed by atoms with Crippen molar-refractivity contribution < 1.29 is 66.1 Å². The second kappa shape index (κ2) is 32.1. The molecule has 0 radical (unpaired) electrons. The molecule has 0 aromatic rings. The van der Waals surface area contributed by atoms with Crippen LogP contribution in [-0.4, -0.2) is 98.7 Å². The normalized spacial score (nSPS) is 27.5. The maximum absolute atomic E-state index is 8.26. The van der Waals surface area contributed by atoms with E-state index in [1.54, 1.807) is 7.11 Å². The molecule has 7 nitrogen and oxygen atoms in total. The molecule has 0 spiro atoms. The van der Waals surface area contributed by atoms with Crippen LogP contribution >= 0.6 is 12.6 Å². The predicted molar refractivity (Wildman–Crippen MR) is 137 cm³/mol. The third-order valence-electron chi connectivity index (χ3n) is 2.99. The van der Waals surface area contributed by atoms with Crippen LogP contribution in [0.4, 0.5) is 0 Å². The van der Waals surface area contributed by atoms with Gasteiger partial charge in [0.05, 0.1) is 82.0 Å². The van der Waals surface area contributed by atoms with E-state index < -0.39 is 89.2 Å². The summed E-state index contributed by atoms with van der Waals surface area (Å²) in [6, 6.07) is 0. The summed E-state index contributed by atoms with van der Waals surface area (Å²) in [5.74, 6) is 0.